The van der Waals surface area contributed by atoms with Crippen molar-refractivity contribution in [2.24, 2.45) is 0 Å². The summed E-state index contributed by atoms with van der Waals surface area (Å²) in [4.78, 5) is 4.34. The highest BCUT2D eigenvalue weighted by Crippen LogP contribution is 2.24. The van der Waals surface area contributed by atoms with E-state index in [-0.39, 0.29) is 5.41 Å². The molecule has 0 aliphatic heterocycles. The Morgan fingerprint density at radius 3 is 2.35 bits per heavy atom. The van der Waals surface area contributed by atoms with Gasteiger partial charge in [-0.1, -0.05) is 45.0 Å². The summed E-state index contributed by atoms with van der Waals surface area (Å²) in [6.45, 7) is 7.54. The van der Waals surface area contributed by atoms with Gasteiger partial charge < -0.3 is 5.32 Å². The van der Waals surface area contributed by atoms with Crippen LogP contribution in [-0.2, 0) is 11.8 Å². The van der Waals surface area contributed by atoms with Crippen LogP contribution in [0.5, 0.6) is 0 Å². The smallest absolute Gasteiger partial charge is 0.125 e. The van der Waals surface area contributed by atoms with Gasteiger partial charge in [0, 0.05) is 22.6 Å². The van der Waals surface area contributed by atoms with Gasteiger partial charge in [0.2, 0.25) is 0 Å². The van der Waals surface area contributed by atoms with Crippen molar-refractivity contribution >= 4 is 21.7 Å². The molecule has 1 aromatic heterocycles. The van der Waals surface area contributed by atoms with Crippen molar-refractivity contribution in [1.29, 1.82) is 0 Å². The van der Waals surface area contributed by atoms with Gasteiger partial charge in [0.1, 0.15) is 5.82 Å². The van der Waals surface area contributed by atoms with Crippen LogP contribution in [0.1, 0.15) is 31.9 Å². The third-order valence-corrected chi connectivity index (χ3v) is 4.05. The van der Waals surface area contributed by atoms with Crippen LogP contribution < -0.4 is 5.32 Å². The molecule has 0 spiro atoms. The molecule has 2 aromatic rings. The van der Waals surface area contributed by atoms with Crippen molar-refractivity contribution in [1.82, 2.24) is 4.98 Å². The Hall–Kier alpha value is -1.35. The molecule has 2 rings (SSSR count). The van der Waals surface area contributed by atoms with Crippen LogP contribution in [0.25, 0.3) is 0 Å². The zero-order chi connectivity index (χ0) is 14.6. The van der Waals surface area contributed by atoms with E-state index in [0.717, 1.165) is 23.3 Å². The monoisotopic (exact) mass is 332 g/mol. The molecule has 0 atom stereocenters. The van der Waals surface area contributed by atoms with Gasteiger partial charge in [0.05, 0.1) is 0 Å². The highest BCUT2D eigenvalue weighted by atomic mass is 79.9. The highest BCUT2D eigenvalue weighted by Gasteiger charge is 2.20. The predicted molar refractivity (Wildman–Crippen MR) is 89.3 cm³/mol. The van der Waals surface area contributed by atoms with Crippen LogP contribution in [0, 0.1) is 0 Å². The molecule has 0 aliphatic rings. The molecular weight excluding hydrogens is 312 g/mol. The number of hydrogen-bond donors (Lipinski definition) is 1. The second-order valence-electron chi connectivity index (χ2n) is 5.65. The molecule has 1 N–H and O–H groups in total. The number of pyridine rings is 1. The first-order valence-electron chi connectivity index (χ1n) is 6.96. The summed E-state index contributed by atoms with van der Waals surface area (Å²) in [5.41, 5.74) is 2.80. The van der Waals surface area contributed by atoms with Gasteiger partial charge in [-0.05, 0) is 45.6 Å². The van der Waals surface area contributed by atoms with Crippen LogP contribution >= 0.6 is 15.9 Å². The molecule has 0 saturated heterocycles. The zero-order valence-electron chi connectivity index (χ0n) is 12.3. The van der Waals surface area contributed by atoms with Crippen molar-refractivity contribution in [3.05, 3.63) is 58.2 Å². The number of nitrogens with zero attached hydrogens (tertiary/aromatic N) is 1. The van der Waals surface area contributed by atoms with Crippen molar-refractivity contribution in [3.63, 3.8) is 0 Å². The van der Waals surface area contributed by atoms with E-state index in [9.17, 15) is 0 Å². The molecule has 2 nitrogen and oxygen atoms in total. The van der Waals surface area contributed by atoms with Crippen molar-refractivity contribution in [2.75, 3.05) is 11.9 Å². The summed E-state index contributed by atoms with van der Waals surface area (Å²) in [5, 5.41) is 3.41. The van der Waals surface area contributed by atoms with Crippen molar-refractivity contribution in [3.8, 4) is 0 Å². The summed E-state index contributed by atoms with van der Waals surface area (Å²) >= 11 is 3.40. The van der Waals surface area contributed by atoms with Crippen LogP contribution in [0.4, 0.5) is 5.82 Å². The van der Waals surface area contributed by atoms with Gasteiger partial charge in [0.25, 0.3) is 0 Å². The Kier molecular flexibility index (Phi) is 4.81. The predicted octanol–water partition coefficient (Wildman–Crippen LogP) is 4.80. The highest BCUT2D eigenvalue weighted by molar-refractivity contribution is 9.10. The van der Waals surface area contributed by atoms with Crippen molar-refractivity contribution < 1.29 is 0 Å². The molecule has 1 heterocycles. The Bertz CT molecular complexity index is 544. The number of aryl methyl sites for hydroxylation is 1. The van der Waals surface area contributed by atoms with Crippen LogP contribution in [0.2, 0.25) is 0 Å². The lowest BCUT2D eigenvalue weighted by Gasteiger charge is -2.26. The number of aromatic nitrogens is 1. The van der Waals surface area contributed by atoms with E-state index in [1.807, 2.05) is 18.3 Å². The molecule has 0 saturated carbocycles. The standard InChI is InChI=1S/C17H21BrN2/c1-4-13-5-7-14(8-6-13)17(2,3)12-20-16-10-9-15(18)11-19-16/h5-11H,4,12H2,1-3H3,(H,19,20). The molecular formula is C17H21BrN2. The van der Waals surface area contributed by atoms with Crippen LogP contribution in [0.15, 0.2) is 47.1 Å². The zero-order valence-corrected chi connectivity index (χ0v) is 13.9. The Morgan fingerprint density at radius 1 is 1.10 bits per heavy atom. The SMILES string of the molecule is CCc1ccc(C(C)(C)CNc2ccc(Br)cn2)cc1. The number of benzene rings is 1. The fraction of sp³-hybridized carbons (Fsp3) is 0.353. The fourth-order valence-electron chi connectivity index (χ4n) is 2.09. The van der Waals surface area contributed by atoms with E-state index < -0.39 is 0 Å². The maximum absolute atomic E-state index is 4.34. The summed E-state index contributed by atoms with van der Waals surface area (Å²) in [6.07, 6.45) is 2.90. The fourth-order valence-corrected chi connectivity index (χ4v) is 2.32. The van der Waals surface area contributed by atoms with E-state index in [1.165, 1.54) is 11.1 Å². The minimum absolute atomic E-state index is 0.0705. The van der Waals surface area contributed by atoms with Crippen LogP contribution in [0.3, 0.4) is 0 Å². The van der Waals surface area contributed by atoms with Gasteiger partial charge in [-0.3, -0.25) is 0 Å². The number of anilines is 1. The quantitative estimate of drug-likeness (QED) is 0.850. The van der Waals surface area contributed by atoms with Gasteiger partial charge in [-0.25, -0.2) is 4.98 Å². The lowest BCUT2D eigenvalue weighted by atomic mass is 9.84. The third kappa shape index (κ3) is 3.83. The second-order valence-corrected chi connectivity index (χ2v) is 6.57. The molecule has 1 aromatic carbocycles. The minimum atomic E-state index is 0.0705. The summed E-state index contributed by atoms with van der Waals surface area (Å²) < 4.78 is 0.998. The average Bonchev–Trinajstić information content (AvgIpc) is 2.47. The van der Waals surface area contributed by atoms with Gasteiger partial charge in [-0.15, -0.1) is 0 Å². The Balaban J connectivity index is 2.04. The molecule has 106 valence electrons. The number of halogens is 1. The Morgan fingerprint density at radius 2 is 1.80 bits per heavy atom. The molecule has 20 heavy (non-hydrogen) atoms. The summed E-state index contributed by atoms with van der Waals surface area (Å²) in [6, 6.07) is 12.9. The first-order valence-corrected chi connectivity index (χ1v) is 7.75. The van der Waals surface area contributed by atoms with E-state index in [2.05, 4.69) is 71.3 Å². The second kappa shape index (κ2) is 6.40. The van der Waals surface area contributed by atoms with E-state index in [4.69, 9.17) is 0 Å². The normalized spacial score (nSPS) is 11.4. The molecule has 0 aliphatic carbocycles. The summed E-state index contributed by atoms with van der Waals surface area (Å²) in [5.74, 6) is 0.909. The minimum Gasteiger partial charge on any atom is -0.369 e. The Labute approximate surface area is 129 Å². The molecule has 0 fully saturated rings. The molecule has 0 amide bonds. The van der Waals surface area contributed by atoms with E-state index in [1.54, 1.807) is 0 Å². The van der Waals surface area contributed by atoms with Gasteiger partial charge in [0.15, 0.2) is 0 Å². The third-order valence-electron chi connectivity index (χ3n) is 3.58. The lowest BCUT2D eigenvalue weighted by molar-refractivity contribution is 0.556. The molecule has 0 bridgehead atoms. The van der Waals surface area contributed by atoms with Crippen molar-refractivity contribution in [2.45, 2.75) is 32.6 Å². The molecule has 3 heteroatoms. The lowest BCUT2D eigenvalue weighted by Crippen LogP contribution is -2.27. The maximum Gasteiger partial charge on any atom is 0.125 e. The summed E-state index contributed by atoms with van der Waals surface area (Å²) in [7, 11) is 0. The first-order chi connectivity index (χ1) is 9.51. The average molecular weight is 333 g/mol. The molecule has 0 unspecified atom stereocenters. The van der Waals surface area contributed by atoms with E-state index >= 15 is 0 Å². The number of hydrogen-bond acceptors (Lipinski definition) is 2. The number of rotatable bonds is 5. The molecule has 0 radical (unpaired) electrons. The largest absolute Gasteiger partial charge is 0.369 e. The van der Waals surface area contributed by atoms with Crippen LogP contribution in [-0.4, -0.2) is 11.5 Å². The first kappa shape index (κ1) is 15.0. The maximum atomic E-state index is 4.34. The van der Waals surface area contributed by atoms with E-state index in [0.29, 0.717) is 0 Å². The number of nitrogens with one attached hydrogen (secondary N) is 1. The van der Waals surface area contributed by atoms with Gasteiger partial charge >= 0.3 is 0 Å². The topological polar surface area (TPSA) is 24.9 Å². The van der Waals surface area contributed by atoms with Gasteiger partial charge in [-0.2, -0.15) is 0 Å².